The van der Waals surface area contributed by atoms with E-state index in [1.807, 2.05) is 0 Å². The molecule has 0 saturated carbocycles. The van der Waals surface area contributed by atoms with Gasteiger partial charge in [-0.3, -0.25) is 9.59 Å². The summed E-state index contributed by atoms with van der Waals surface area (Å²) in [6.45, 7) is 1.27. The summed E-state index contributed by atoms with van der Waals surface area (Å²) in [5.41, 5.74) is 0.321. The van der Waals surface area contributed by atoms with Gasteiger partial charge >= 0.3 is 0 Å². The normalized spacial score (nSPS) is 16.4. The highest BCUT2D eigenvalue weighted by Gasteiger charge is 2.25. The number of rotatable bonds is 4. The Balaban J connectivity index is 1.79. The molecule has 0 radical (unpaired) electrons. The number of piperidine rings is 1. The molecule has 8 nitrogen and oxygen atoms in total. The maximum absolute atomic E-state index is 12.0. The maximum atomic E-state index is 12.0. The zero-order valence-corrected chi connectivity index (χ0v) is 10.8. The van der Waals surface area contributed by atoms with Gasteiger partial charge in [0.05, 0.1) is 6.20 Å². The van der Waals surface area contributed by atoms with Crippen molar-refractivity contribution in [2.45, 2.75) is 18.9 Å². The number of H-pyrrole nitrogens is 1. The average Bonchev–Trinajstić information content (AvgIpc) is 2.93. The molecule has 0 unspecified atom stereocenters. The van der Waals surface area contributed by atoms with E-state index in [2.05, 4.69) is 20.7 Å². The number of ether oxygens (including phenoxy) is 1. The molecule has 2 amide bonds. The van der Waals surface area contributed by atoms with Crippen LogP contribution >= 0.6 is 0 Å². The molecule has 1 aliphatic rings. The summed E-state index contributed by atoms with van der Waals surface area (Å²) in [6.07, 6.45) is 2.88. The molecule has 1 aromatic rings. The first kappa shape index (κ1) is 13.5. The van der Waals surface area contributed by atoms with Crippen molar-refractivity contribution in [2.24, 2.45) is 0 Å². The monoisotopic (exact) mass is 267 g/mol. The van der Waals surface area contributed by atoms with Gasteiger partial charge in [-0.15, -0.1) is 0 Å². The number of nitrogens with zero attached hydrogens (tertiary/aromatic N) is 3. The van der Waals surface area contributed by atoms with E-state index in [1.165, 1.54) is 13.3 Å². The van der Waals surface area contributed by atoms with Crippen LogP contribution in [0.5, 0.6) is 0 Å². The van der Waals surface area contributed by atoms with Crippen LogP contribution in [-0.2, 0) is 9.53 Å². The number of hydrogen-bond donors (Lipinski definition) is 2. The van der Waals surface area contributed by atoms with E-state index in [4.69, 9.17) is 4.74 Å². The van der Waals surface area contributed by atoms with Gasteiger partial charge in [-0.05, 0) is 12.8 Å². The van der Waals surface area contributed by atoms with Crippen LogP contribution < -0.4 is 5.32 Å². The Labute approximate surface area is 110 Å². The van der Waals surface area contributed by atoms with Crippen molar-refractivity contribution in [2.75, 3.05) is 26.8 Å². The molecule has 0 bridgehead atoms. The zero-order chi connectivity index (χ0) is 13.7. The molecule has 1 aliphatic heterocycles. The van der Waals surface area contributed by atoms with Crippen LogP contribution in [0, 0.1) is 0 Å². The fourth-order valence-corrected chi connectivity index (χ4v) is 2.09. The van der Waals surface area contributed by atoms with E-state index in [0.717, 1.165) is 12.8 Å². The summed E-state index contributed by atoms with van der Waals surface area (Å²) in [5, 5.41) is 12.7. The summed E-state index contributed by atoms with van der Waals surface area (Å²) < 4.78 is 4.76. The number of amides is 2. The van der Waals surface area contributed by atoms with E-state index < -0.39 is 0 Å². The SMILES string of the molecule is COCC(=O)NC1CCN(C(=O)c2cn[nH]n2)CC1. The van der Waals surface area contributed by atoms with Gasteiger partial charge in [0, 0.05) is 26.2 Å². The van der Waals surface area contributed by atoms with Crippen molar-refractivity contribution in [1.29, 1.82) is 0 Å². The highest BCUT2D eigenvalue weighted by atomic mass is 16.5. The molecule has 19 heavy (non-hydrogen) atoms. The first-order valence-electron chi connectivity index (χ1n) is 6.14. The Kier molecular flexibility index (Phi) is 4.45. The van der Waals surface area contributed by atoms with Crippen molar-refractivity contribution >= 4 is 11.8 Å². The Morgan fingerprint density at radius 1 is 1.53 bits per heavy atom. The number of hydrogen-bond acceptors (Lipinski definition) is 5. The second-order valence-corrected chi connectivity index (χ2v) is 4.42. The molecule has 2 rings (SSSR count). The molecule has 0 aromatic carbocycles. The summed E-state index contributed by atoms with van der Waals surface area (Å²) in [7, 11) is 1.48. The van der Waals surface area contributed by atoms with E-state index in [0.29, 0.717) is 18.8 Å². The van der Waals surface area contributed by atoms with E-state index in [9.17, 15) is 9.59 Å². The largest absolute Gasteiger partial charge is 0.375 e. The van der Waals surface area contributed by atoms with Crippen molar-refractivity contribution < 1.29 is 14.3 Å². The second-order valence-electron chi connectivity index (χ2n) is 4.42. The molecule has 0 spiro atoms. The van der Waals surface area contributed by atoms with Crippen LogP contribution in [0.1, 0.15) is 23.3 Å². The topological polar surface area (TPSA) is 100 Å². The number of nitrogens with one attached hydrogen (secondary N) is 2. The number of aromatic nitrogens is 3. The minimum Gasteiger partial charge on any atom is -0.375 e. The minimum absolute atomic E-state index is 0.0675. The third kappa shape index (κ3) is 3.50. The lowest BCUT2D eigenvalue weighted by molar-refractivity contribution is -0.125. The fourth-order valence-electron chi connectivity index (χ4n) is 2.09. The van der Waals surface area contributed by atoms with E-state index in [1.54, 1.807) is 4.90 Å². The first-order valence-corrected chi connectivity index (χ1v) is 6.14. The lowest BCUT2D eigenvalue weighted by atomic mass is 10.0. The third-order valence-electron chi connectivity index (χ3n) is 3.06. The zero-order valence-electron chi connectivity index (χ0n) is 10.8. The molecule has 8 heteroatoms. The highest BCUT2D eigenvalue weighted by Crippen LogP contribution is 2.12. The van der Waals surface area contributed by atoms with Crippen molar-refractivity contribution in [3.8, 4) is 0 Å². The van der Waals surface area contributed by atoms with Crippen LogP contribution in [-0.4, -0.2) is 65.0 Å². The molecule has 2 heterocycles. The van der Waals surface area contributed by atoms with Crippen LogP contribution in [0.2, 0.25) is 0 Å². The van der Waals surface area contributed by atoms with Crippen LogP contribution in [0.3, 0.4) is 0 Å². The van der Waals surface area contributed by atoms with Gasteiger partial charge in [0.1, 0.15) is 6.61 Å². The predicted octanol–water partition coefficient (Wildman–Crippen LogP) is -0.828. The second kappa shape index (κ2) is 6.28. The number of carbonyl (C=O) groups excluding carboxylic acids is 2. The minimum atomic E-state index is -0.129. The van der Waals surface area contributed by atoms with Gasteiger partial charge in [0.25, 0.3) is 5.91 Å². The molecule has 0 aliphatic carbocycles. The molecule has 1 saturated heterocycles. The Morgan fingerprint density at radius 2 is 2.26 bits per heavy atom. The van der Waals surface area contributed by atoms with Gasteiger partial charge in [0.15, 0.2) is 5.69 Å². The summed E-state index contributed by atoms with van der Waals surface area (Å²) in [6, 6.07) is 0.101. The molecule has 1 fully saturated rings. The molecular formula is C11H17N5O3. The third-order valence-corrected chi connectivity index (χ3v) is 3.06. The fraction of sp³-hybridized carbons (Fsp3) is 0.636. The van der Waals surface area contributed by atoms with Crippen LogP contribution in [0.25, 0.3) is 0 Å². The number of carbonyl (C=O) groups is 2. The standard InChI is InChI=1S/C11H17N5O3/c1-19-7-10(17)13-8-2-4-16(5-3-8)11(18)9-6-12-15-14-9/h6,8H,2-5,7H2,1H3,(H,13,17)(H,12,14,15). The Hall–Kier alpha value is -1.96. The predicted molar refractivity (Wildman–Crippen MR) is 65.3 cm³/mol. The Morgan fingerprint density at radius 3 is 2.84 bits per heavy atom. The molecule has 2 N–H and O–H groups in total. The lowest BCUT2D eigenvalue weighted by Gasteiger charge is -2.31. The molecule has 0 atom stereocenters. The quantitative estimate of drug-likeness (QED) is 0.741. The average molecular weight is 267 g/mol. The Bertz CT molecular complexity index is 426. The van der Waals surface area contributed by atoms with Crippen molar-refractivity contribution in [3.63, 3.8) is 0 Å². The number of aromatic amines is 1. The smallest absolute Gasteiger partial charge is 0.276 e. The van der Waals surface area contributed by atoms with Gasteiger partial charge in [-0.25, -0.2) is 0 Å². The number of methoxy groups -OCH3 is 1. The van der Waals surface area contributed by atoms with E-state index >= 15 is 0 Å². The highest BCUT2D eigenvalue weighted by molar-refractivity contribution is 5.91. The van der Waals surface area contributed by atoms with E-state index in [-0.39, 0.29) is 24.5 Å². The molecular weight excluding hydrogens is 250 g/mol. The summed E-state index contributed by atoms with van der Waals surface area (Å²) >= 11 is 0. The molecule has 1 aromatic heterocycles. The summed E-state index contributed by atoms with van der Waals surface area (Å²) in [4.78, 5) is 25.1. The van der Waals surface area contributed by atoms with Crippen molar-refractivity contribution in [1.82, 2.24) is 25.6 Å². The molecule has 104 valence electrons. The summed E-state index contributed by atoms with van der Waals surface area (Å²) in [5.74, 6) is -0.251. The van der Waals surface area contributed by atoms with Gasteiger partial charge in [-0.2, -0.15) is 15.4 Å². The van der Waals surface area contributed by atoms with Gasteiger partial charge in [-0.1, -0.05) is 0 Å². The maximum Gasteiger partial charge on any atom is 0.276 e. The number of likely N-dealkylation sites (tertiary alicyclic amines) is 1. The lowest BCUT2D eigenvalue weighted by Crippen LogP contribution is -2.47. The van der Waals surface area contributed by atoms with Gasteiger partial charge in [0.2, 0.25) is 5.91 Å². The van der Waals surface area contributed by atoms with Crippen molar-refractivity contribution in [3.05, 3.63) is 11.9 Å². The van der Waals surface area contributed by atoms with Crippen LogP contribution in [0.4, 0.5) is 0 Å². The van der Waals surface area contributed by atoms with Crippen LogP contribution in [0.15, 0.2) is 6.20 Å². The van der Waals surface area contributed by atoms with Gasteiger partial charge < -0.3 is 15.0 Å². The first-order chi connectivity index (χ1) is 9.20.